The van der Waals surface area contributed by atoms with Crippen LogP contribution in [0.4, 0.5) is 0 Å². The van der Waals surface area contributed by atoms with Gasteiger partial charge in [-0.2, -0.15) is 0 Å². The van der Waals surface area contributed by atoms with E-state index in [4.69, 9.17) is 0 Å². The van der Waals surface area contributed by atoms with Crippen LogP contribution in [-0.4, -0.2) is 0 Å². The summed E-state index contributed by atoms with van der Waals surface area (Å²) in [5.74, 6) is 12.0. The molecule has 4 rings (SSSR count). The van der Waals surface area contributed by atoms with Crippen LogP contribution in [0.15, 0.2) is 0 Å². The Bertz CT molecular complexity index is 781. The molecule has 16 atom stereocenters. The summed E-state index contributed by atoms with van der Waals surface area (Å²) in [5, 5.41) is 0. The molecule has 16 unspecified atom stereocenters. The van der Waals surface area contributed by atoms with Gasteiger partial charge >= 0.3 is 0 Å². The molecule has 0 heteroatoms. The van der Waals surface area contributed by atoms with Gasteiger partial charge in [-0.25, -0.2) is 0 Å². The highest BCUT2D eigenvalue weighted by Crippen LogP contribution is 2.78. The first-order valence-corrected chi connectivity index (χ1v) is 16.6. The summed E-state index contributed by atoms with van der Waals surface area (Å²) in [6, 6.07) is 0. The maximum atomic E-state index is 2.86. The Morgan fingerprint density at radius 3 is 1.92 bits per heavy atom. The molecule has 0 aromatic heterocycles. The minimum absolute atomic E-state index is 0.418. The van der Waals surface area contributed by atoms with Crippen molar-refractivity contribution in [1.82, 2.24) is 0 Å². The molecule has 0 N–H and O–H groups in total. The van der Waals surface area contributed by atoms with Crippen molar-refractivity contribution < 1.29 is 0 Å². The van der Waals surface area contributed by atoms with Crippen LogP contribution in [0.2, 0.25) is 0 Å². The molecular formula is C36H66. The van der Waals surface area contributed by atoms with E-state index < -0.39 is 0 Å². The van der Waals surface area contributed by atoms with E-state index in [0.717, 1.165) is 82.9 Å². The number of fused-ring (bicyclic) bond motifs is 3. The largest absolute Gasteiger partial charge is 0.0651 e. The topological polar surface area (TPSA) is 0 Å². The van der Waals surface area contributed by atoms with E-state index in [1.165, 1.54) is 32.1 Å². The van der Waals surface area contributed by atoms with E-state index in [1.807, 2.05) is 0 Å². The number of hydrogen-bond acceptors (Lipinski definition) is 0. The van der Waals surface area contributed by atoms with Crippen LogP contribution in [0.3, 0.4) is 0 Å². The molecule has 0 aliphatic heterocycles. The van der Waals surface area contributed by atoms with E-state index in [-0.39, 0.29) is 0 Å². The third-order valence-corrected chi connectivity index (χ3v) is 15.7. The zero-order valence-electron chi connectivity index (χ0n) is 27.1. The second-order valence-electron chi connectivity index (χ2n) is 16.8. The third kappa shape index (κ3) is 3.63. The molecule has 0 nitrogen and oxygen atoms in total. The fourth-order valence-corrected chi connectivity index (χ4v) is 13.5. The van der Waals surface area contributed by atoms with Gasteiger partial charge in [-0.3, -0.25) is 0 Å². The highest BCUT2D eigenvalue weighted by atomic mass is 14.8. The van der Waals surface area contributed by atoms with E-state index in [9.17, 15) is 0 Å². The van der Waals surface area contributed by atoms with Crippen LogP contribution >= 0.6 is 0 Å². The summed E-state index contributed by atoms with van der Waals surface area (Å²) in [7, 11) is 0. The predicted molar refractivity (Wildman–Crippen MR) is 159 cm³/mol. The minimum Gasteiger partial charge on any atom is -0.0651 e. The maximum absolute atomic E-state index is 2.86. The van der Waals surface area contributed by atoms with Crippen LogP contribution in [0.5, 0.6) is 0 Å². The Hall–Kier alpha value is 0. The Morgan fingerprint density at radius 1 is 0.750 bits per heavy atom. The second kappa shape index (κ2) is 9.58. The van der Waals surface area contributed by atoms with Crippen molar-refractivity contribution in [3.8, 4) is 0 Å². The van der Waals surface area contributed by atoms with Crippen molar-refractivity contribution >= 4 is 0 Å². The van der Waals surface area contributed by atoms with Gasteiger partial charge in [0.15, 0.2) is 0 Å². The van der Waals surface area contributed by atoms with Gasteiger partial charge in [-0.1, -0.05) is 110 Å². The quantitative estimate of drug-likeness (QED) is 0.361. The zero-order valence-corrected chi connectivity index (χ0v) is 27.1. The summed E-state index contributed by atoms with van der Waals surface area (Å²) >= 11 is 0. The van der Waals surface area contributed by atoms with Crippen molar-refractivity contribution in [3.63, 3.8) is 0 Å². The van der Waals surface area contributed by atoms with Crippen LogP contribution in [0, 0.1) is 99.1 Å². The molecule has 0 spiro atoms. The maximum Gasteiger partial charge on any atom is -0.0212 e. The molecule has 0 bridgehead atoms. The van der Waals surface area contributed by atoms with Crippen molar-refractivity contribution in [2.45, 2.75) is 129 Å². The Morgan fingerprint density at radius 2 is 1.36 bits per heavy atom. The first-order chi connectivity index (χ1) is 16.6. The molecule has 0 amide bonds. The molecule has 0 radical (unpaired) electrons. The van der Waals surface area contributed by atoms with E-state index in [1.54, 1.807) is 0 Å². The SMILES string of the molecule is CCC(C)CC1C2(C)C(C)C3CCC(C)C(C)C3C(C)C2C(C)C2(C)C(C)C(C(C)C)C(C)CC12C. The molecule has 210 valence electrons. The van der Waals surface area contributed by atoms with Gasteiger partial charge in [-0.15, -0.1) is 0 Å². The Kier molecular flexibility index (Phi) is 7.71. The molecule has 0 heterocycles. The summed E-state index contributed by atoms with van der Waals surface area (Å²) in [4.78, 5) is 0. The molecule has 4 aliphatic carbocycles. The first kappa shape index (κ1) is 29.0. The molecule has 4 fully saturated rings. The van der Waals surface area contributed by atoms with Gasteiger partial charge in [0, 0.05) is 0 Å². The van der Waals surface area contributed by atoms with Crippen LogP contribution in [0.25, 0.3) is 0 Å². The predicted octanol–water partition coefficient (Wildman–Crippen LogP) is 10.9. The first-order valence-electron chi connectivity index (χ1n) is 16.6. The molecule has 0 saturated heterocycles. The third-order valence-electron chi connectivity index (χ3n) is 15.7. The highest BCUT2D eigenvalue weighted by molar-refractivity contribution is 5.21. The van der Waals surface area contributed by atoms with Crippen molar-refractivity contribution in [2.24, 2.45) is 99.1 Å². The number of rotatable bonds is 4. The summed E-state index contributed by atoms with van der Waals surface area (Å²) in [6.07, 6.45) is 7.20. The standard InChI is InChI=1S/C36H66/c1-15-21(4)18-30-34(12)19-23(6)31(20(2)3)27(10)36(34,14)28(11)33-25(8)32-24(7)22(5)16-17-29(32)26(9)35(30,33)13/h20-33H,15-19H2,1-14H3. The lowest BCUT2D eigenvalue weighted by Gasteiger charge is -2.77. The van der Waals surface area contributed by atoms with Gasteiger partial charge in [0.25, 0.3) is 0 Å². The molecule has 36 heavy (non-hydrogen) atoms. The average molecular weight is 499 g/mol. The fraction of sp³-hybridized carbons (Fsp3) is 1.00. The van der Waals surface area contributed by atoms with Crippen LogP contribution in [-0.2, 0) is 0 Å². The lowest BCUT2D eigenvalue weighted by atomic mass is 9.27. The average Bonchev–Trinajstić information content (AvgIpc) is 2.79. The lowest BCUT2D eigenvalue weighted by molar-refractivity contribution is -0.298. The minimum atomic E-state index is 0.418. The Balaban J connectivity index is 1.93. The van der Waals surface area contributed by atoms with Gasteiger partial charge in [0.05, 0.1) is 0 Å². The lowest BCUT2D eigenvalue weighted by Crippen LogP contribution is -2.72. The van der Waals surface area contributed by atoms with Gasteiger partial charge in [0.2, 0.25) is 0 Å². The van der Waals surface area contributed by atoms with Gasteiger partial charge in [0.1, 0.15) is 0 Å². The summed E-state index contributed by atoms with van der Waals surface area (Å²) in [6.45, 7) is 37.4. The van der Waals surface area contributed by atoms with E-state index >= 15 is 0 Å². The Labute approximate surface area is 227 Å². The van der Waals surface area contributed by atoms with Gasteiger partial charge in [-0.05, 0) is 118 Å². The molecule has 4 aliphatic rings. The zero-order chi connectivity index (χ0) is 27.1. The summed E-state index contributed by atoms with van der Waals surface area (Å²) < 4.78 is 0. The van der Waals surface area contributed by atoms with Crippen molar-refractivity contribution in [3.05, 3.63) is 0 Å². The molecule has 0 aromatic rings. The second-order valence-corrected chi connectivity index (χ2v) is 16.8. The van der Waals surface area contributed by atoms with Crippen LogP contribution in [0.1, 0.15) is 129 Å². The van der Waals surface area contributed by atoms with Crippen LogP contribution < -0.4 is 0 Å². The van der Waals surface area contributed by atoms with E-state index in [0.29, 0.717) is 16.2 Å². The molecule has 4 saturated carbocycles. The smallest absolute Gasteiger partial charge is 0.0212 e. The van der Waals surface area contributed by atoms with E-state index in [2.05, 4.69) is 96.9 Å². The normalized spacial score (nSPS) is 58.1. The fourth-order valence-electron chi connectivity index (χ4n) is 13.5. The van der Waals surface area contributed by atoms with Crippen molar-refractivity contribution in [1.29, 1.82) is 0 Å². The molecular weight excluding hydrogens is 432 g/mol. The van der Waals surface area contributed by atoms with Gasteiger partial charge < -0.3 is 0 Å². The number of hydrogen-bond donors (Lipinski definition) is 0. The summed E-state index contributed by atoms with van der Waals surface area (Å²) in [5.41, 5.74) is 1.31. The van der Waals surface area contributed by atoms with Crippen molar-refractivity contribution in [2.75, 3.05) is 0 Å². The highest BCUT2D eigenvalue weighted by Gasteiger charge is 2.73. The monoisotopic (exact) mass is 499 g/mol. The molecule has 0 aromatic carbocycles.